The molecule has 1 fully saturated rings. The second kappa shape index (κ2) is 6.75. The fourth-order valence-electron chi connectivity index (χ4n) is 3.09. The molecule has 0 amide bonds. The summed E-state index contributed by atoms with van der Waals surface area (Å²) in [5, 5.41) is 12.4. The normalized spacial score (nSPS) is 15.3. The molecule has 1 unspecified atom stereocenters. The topological polar surface area (TPSA) is 78.7 Å². The number of ketones is 1. The van der Waals surface area contributed by atoms with E-state index in [-0.39, 0.29) is 11.0 Å². The first-order chi connectivity index (χ1) is 12.5. The lowest BCUT2D eigenvalue weighted by molar-refractivity contribution is 0.0993. The van der Waals surface area contributed by atoms with Gasteiger partial charge in [0, 0.05) is 17.0 Å². The highest BCUT2D eigenvalue weighted by molar-refractivity contribution is 8.00. The molecule has 3 heterocycles. The van der Waals surface area contributed by atoms with Crippen molar-refractivity contribution in [2.75, 3.05) is 0 Å². The van der Waals surface area contributed by atoms with E-state index >= 15 is 0 Å². The van der Waals surface area contributed by atoms with Gasteiger partial charge in [-0.3, -0.25) is 4.79 Å². The Balaban J connectivity index is 1.53. The largest absolute Gasteiger partial charge is 0.467 e. The monoisotopic (exact) mass is 371 g/mol. The Morgan fingerprint density at radius 2 is 2.23 bits per heavy atom. The molecule has 4 rings (SSSR count). The Kier molecular flexibility index (Phi) is 4.44. The van der Waals surface area contributed by atoms with Crippen LogP contribution in [0.4, 0.5) is 0 Å². The zero-order valence-corrected chi connectivity index (χ0v) is 15.9. The predicted molar refractivity (Wildman–Crippen MR) is 97.5 cm³/mol. The van der Waals surface area contributed by atoms with Crippen molar-refractivity contribution >= 4 is 17.5 Å². The van der Waals surface area contributed by atoms with Gasteiger partial charge in [0.1, 0.15) is 5.76 Å². The number of hydrogen-bond acceptors (Lipinski definition) is 6. The number of rotatable bonds is 7. The number of furan rings is 1. The highest BCUT2D eigenvalue weighted by Gasteiger charge is 2.30. The van der Waals surface area contributed by atoms with Crippen molar-refractivity contribution in [1.82, 2.24) is 24.8 Å². The maximum atomic E-state index is 13.0. The third-order valence-corrected chi connectivity index (χ3v) is 5.79. The Labute approximate surface area is 155 Å². The summed E-state index contributed by atoms with van der Waals surface area (Å²) in [4.78, 5) is 13.0. The van der Waals surface area contributed by atoms with Gasteiger partial charge in [0.05, 0.1) is 24.1 Å². The molecule has 3 aromatic rings. The third-order valence-electron chi connectivity index (χ3n) is 4.74. The molecule has 0 N–H and O–H groups in total. The van der Waals surface area contributed by atoms with Gasteiger partial charge in [0.25, 0.3) is 0 Å². The highest BCUT2D eigenvalue weighted by Crippen LogP contribution is 2.37. The number of Topliss-reactive ketones (excluding diaryl/α,β-unsaturated/α-hetero) is 1. The number of nitrogens with zero attached hydrogens (tertiary/aromatic N) is 5. The lowest BCUT2D eigenvalue weighted by Crippen LogP contribution is -2.16. The van der Waals surface area contributed by atoms with Crippen molar-refractivity contribution in [3.05, 3.63) is 47.2 Å². The van der Waals surface area contributed by atoms with Crippen LogP contribution in [0.5, 0.6) is 0 Å². The first-order valence-corrected chi connectivity index (χ1v) is 9.60. The van der Waals surface area contributed by atoms with Crippen LogP contribution in [0.25, 0.3) is 0 Å². The van der Waals surface area contributed by atoms with Crippen molar-refractivity contribution in [3.8, 4) is 0 Å². The molecule has 0 bridgehead atoms. The third kappa shape index (κ3) is 3.21. The highest BCUT2D eigenvalue weighted by atomic mass is 32.2. The van der Waals surface area contributed by atoms with Crippen LogP contribution in [0.3, 0.4) is 0 Å². The molecule has 8 heteroatoms. The first-order valence-electron chi connectivity index (χ1n) is 8.72. The van der Waals surface area contributed by atoms with Gasteiger partial charge in [0.2, 0.25) is 5.16 Å². The lowest BCUT2D eigenvalue weighted by atomic mass is 10.1. The molecule has 1 aliphatic rings. The molecule has 0 aromatic carbocycles. The van der Waals surface area contributed by atoms with E-state index in [1.54, 1.807) is 6.26 Å². The maximum Gasteiger partial charge on any atom is 0.210 e. The smallest absolute Gasteiger partial charge is 0.210 e. The van der Waals surface area contributed by atoms with Gasteiger partial charge in [-0.2, -0.15) is 0 Å². The summed E-state index contributed by atoms with van der Waals surface area (Å²) < 4.78 is 9.39. The van der Waals surface area contributed by atoms with Crippen LogP contribution in [-0.2, 0) is 6.54 Å². The van der Waals surface area contributed by atoms with Crippen LogP contribution in [0, 0.1) is 13.8 Å². The van der Waals surface area contributed by atoms with Gasteiger partial charge in [-0.15, -0.1) is 5.10 Å². The molecular formula is C18H21N5O2S. The van der Waals surface area contributed by atoms with E-state index in [9.17, 15) is 4.79 Å². The lowest BCUT2D eigenvalue weighted by Gasteiger charge is -2.11. The Morgan fingerprint density at radius 1 is 1.42 bits per heavy atom. The van der Waals surface area contributed by atoms with E-state index in [1.165, 1.54) is 11.8 Å². The minimum atomic E-state index is -0.254. The summed E-state index contributed by atoms with van der Waals surface area (Å²) in [6, 6.07) is 6.17. The summed E-state index contributed by atoms with van der Waals surface area (Å²) in [6.45, 7) is 6.53. The van der Waals surface area contributed by atoms with Crippen LogP contribution >= 0.6 is 11.8 Å². The van der Waals surface area contributed by atoms with Crippen molar-refractivity contribution in [3.63, 3.8) is 0 Å². The van der Waals surface area contributed by atoms with Crippen LogP contribution in [-0.4, -0.2) is 35.8 Å². The Hall–Kier alpha value is -2.35. The van der Waals surface area contributed by atoms with E-state index in [1.807, 2.05) is 43.7 Å². The van der Waals surface area contributed by atoms with Gasteiger partial charge in [-0.1, -0.05) is 11.8 Å². The van der Waals surface area contributed by atoms with Crippen LogP contribution in [0.15, 0.2) is 34.0 Å². The number of aromatic nitrogens is 5. The molecule has 0 radical (unpaired) electrons. The van der Waals surface area contributed by atoms with Crippen molar-refractivity contribution < 1.29 is 9.21 Å². The summed E-state index contributed by atoms with van der Waals surface area (Å²) in [6.07, 6.45) is 3.88. The number of hydrogen-bond donors (Lipinski definition) is 0. The van der Waals surface area contributed by atoms with E-state index < -0.39 is 0 Å². The molecule has 0 aliphatic heterocycles. The van der Waals surface area contributed by atoms with E-state index in [0.29, 0.717) is 12.6 Å². The van der Waals surface area contributed by atoms with Gasteiger partial charge in [-0.25, -0.2) is 4.68 Å². The number of thioether (sulfide) groups is 1. The predicted octanol–water partition coefficient (Wildman–Crippen LogP) is 3.43. The molecule has 0 saturated heterocycles. The van der Waals surface area contributed by atoms with E-state index in [2.05, 4.69) is 20.1 Å². The molecule has 1 atom stereocenters. The number of carbonyl (C=O) groups excluding carboxylic acids is 1. The molecule has 1 aliphatic carbocycles. The zero-order chi connectivity index (χ0) is 18.3. The summed E-state index contributed by atoms with van der Waals surface area (Å²) in [7, 11) is 0. The van der Waals surface area contributed by atoms with Crippen LogP contribution < -0.4 is 0 Å². The quantitative estimate of drug-likeness (QED) is 0.468. The van der Waals surface area contributed by atoms with Gasteiger partial charge >= 0.3 is 0 Å². The van der Waals surface area contributed by atoms with E-state index in [4.69, 9.17) is 4.42 Å². The van der Waals surface area contributed by atoms with Gasteiger partial charge in [0.15, 0.2) is 5.78 Å². The Bertz CT molecular complexity index is 924. The van der Waals surface area contributed by atoms with Gasteiger partial charge in [-0.05, 0) is 62.2 Å². The molecular weight excluding hydrogens is 350 g/mol. The molecule has 0 spiro atoms. The molecule has 7 nitrogen and oxygen atoms in total. The molecule has 136 valence electrons. The average molecular weight is 371 g/mol. The number of aryl methyl sites for hydroxylation is 1. The van der Waals surface area contributed by atoms with Crippen molar-refractivity contribution in [2.24, 2.45) is 0 Å². The molecule has 3 aromatic heterocycles. The first kappa shape index (κ1) is 17.1. The standard InChI is InChI=1S/C18H21N5O2S/c1-11-9-16(12(2)22(11)10-15-5-4-8-25-15)17(24)13(3)26-18-19-20-21-23(18)14-6-7-14/h4-5,8-9,13-14H,6-7,10H2,1-3H3. The number of carbonyl (C=O) groups is 1. The fourth-order valence-corrected chi connectivity index (χ4v) is 4.02. The summed E-state index contributed by atoms with van der Waals surface area (Å²) in [5.41, 5.74) is 2.75. The molecule has 26 heavy (non-hydrogen) atoms. The van der Waals surface area contributed by atoms with Gasteiger partial charge < -0.3 is 8.98 Å². The SMILES string of the molecule is Cc1cc(C(=O)C(C)Sc2nnnn2C2CC2)c(C)n1Cc1ccco1. The zero-order valence-electron chi connectivity index (χ0n) is 15.0. The minimum absolute atomic E-state index is 0.0964. The average Bonchev–Trinajstić information content (AvgIpc) is 3.03. The van der Waals surface area contributed by atoms with E-state index in [0.717, 1.165) is 40.7 Å². The molecule has 1 saturated carbocycles. The van der Waals surface area contributed by atoms with Crippen LogP contribution in [0.2, 0.25) is 0 Å². The minimum Gasteiger partial charge on any atom is -0.467 e. The summed E-state index contributed by atoms with van der Waals surface area (Å²) >= 11 is 1.43. The maximum absolute atomic E-state index is 13.0. The van der Waals surface area contributed by atoms with Crippen molar-refractivity contribution in [1.29, 1.82) is 0 Å². The second-order valence-corrected chi connectivity index (χ2v) is 8.02. The van der Waals surface area contributed by atoms with Crippen LogP contribution in [0.1, 0.15) is 53.3 Å². The fraction of sp³-hybridized carbons (Fsp3) is 0.444. The van der Waals surface area contributed by atoms with Crippen molar-refractivity contribution in [2.45, 2.75) is 56.6 Å². The summed E-state index contributed by atoms with van der Waals surface area (Å²) in [5.74, 6) is 0.968. The second-order valence-electron chi connectivity index (χ2n) is 6.71. The Morgan fingerprint density at radius 3 is 2.92 bits per heavy atom. The number of tetrazole rings is 1.